The maximum Gasteiger partial charge on any atom is 0.228 e. The van der Waals surface area contributed by atoms with E-state index in [4.69, 9.17) is 9.73 Å². The van der Waals surface area contributed by atoms with Crippen LogP contribution in [0.3, 0.4) is 0 Å². The SMILES string of the molecule is CN1c2ccccc2C(C)(C)C12C=Nc1c(cc(N3CCCCC3)c3ccccc13)O2. The van der Waals surface area contributed by atoms with Crippen molar-refractivity contribution in [1.82, 2.24) is 0 Å². The molecule has 3 aliphatic rings. The third-order valence-electron chi connectivity index (χ3n) is 7.62. The van der Waals surface area contributed by atoms with Crippen molar-refractivity contribution in [3.8, 4) is 5.75 Å². The molecular weight excluding hydrogens is 382 g/mol. The van der Waals surface area contributed by atoms with Crippen LogP contribution >= 0.6 is 0 Å². The molecule has 31 heavy (non-hydrogen) atoms. The largest absolute Gasteiger partial charge is 0.459 e. The molecule has 0 amide bonds. The van der Waals surface area contributed by atoms with E-state index >= 15 is 0 Å². The van der Waals surface area contributed by atoms with E-state index in [2.05, 4.69) is 85.3 Å². The van der Waals surface area contributed by atoms with Gasteiger partial charge in [-0.1, -0.05) is 42.5 Å². The summed E-state index contributed by atoms with van der Waals surface area (Å²) in [7, 11) is 2.12. The van der Waals surface area contributed by atoms with E-state index in [1.54, 1.807) is 0 Å². The molecule has 1 unspecified atom stereocenters. The molecule has 0 bridgehead atoms. The molecule has 3 aromatic rings. The topological polar surface area (TPSA) is 28.1 Å². The molecule has 3 aromatic carbocycles. The Morgan fingerprint density at radius 2 is 1.58 bits per heavy atom. The Bertz CT molecular complexity index is 1210. The number of likely N-dealkylation sites (N-methyl/N-ethyl adjacent to an activating group) is 1. The van der Waals surface area contributed by atoms with Gasteiger partial charge < -0.3 is 14.5 Å². The van der Waals surface area contributed by atoms with Gasteiger partial charge in [0.15, 0.2) is 5.75 Å². The lowest BCUT2D eigenvalue weighted by Crippen LogP contribution is -2.61. The highest BCUT2D eigenvalue weighted by atomic mass is 16.5. The summed E-state index contributed by atoms with van der Waals surface area (Å²) in [6, 6.07) is 19.5. The molecule has 1 saturated heterocycles. The van der Waals surface area contributed by atoms with Gasteiger partial charge in [-0.3, -0.25) is 4.99 Å². The quantitative estimate of drug-likeness (QED) is 0.488. The van der Waals surface area contributed by atoms with Gasteiger partial charge in [0.2, 0.25) is 5.72 Å². The van der Waals surface area contributed by atoms with Gasteiger partial charge in [-0.05, 0) is 44.7 Å². The first-order valence-corrected chi connectivity index (χ1v) is 11.4. The first kappa shape index (κ1) is 18.7. The van der Waals surface area contributed by atoms with Gasteiger partial charge in [-0.2, -0.15) is 0 Å². The number of fused-ring (bicyclic) bond motifs is 4. The summed E-state index contributed by atoms with van der Waals surface area (Å²) >= 11 is 0. The minimum absolute atomic E-state index is 0.240. The van der Waals surface area contributed by atoms with Crippen LogP contribution in [0.4, 0.5) is 17.1 Å². The molecule has 3 aliphatic heterocycles. The van der Waals surface area contributed by atoms with E-state index in [-0.39, 0.29) is 5.41 Å². The Morgan fingerprint density at radius 1 is 0.871 bits per heavy atom. The zero-order valence-electron chi connectivity index (χ0n) is 18.6. The maximum absolute atomic E-state index is 6.98. The molecule has 0 N–H and O–H groups in total. The minimum Gasteiger partial charge on any atom is -0.459 e. The van der Waals surface area contributed by atoms with Crippen LogP contribution in [0, 0.1) is 0 Å². The van der Waals surface area contributed by atoms with Crippen molar-refractivity contribution in [1.29, 1.82) is 0 Å². The Kier molecular flexibility index (Phi) is 3.92. The van der Waals surface area contributed by atoms with Gasteiger partial charge >= 0.3 is 0 Å². The number of ether oxygens (including phenoxy) is 1. The fraction of sp³-hybridized carbons (Fsp3) is 0.370. The second kappa shape index (κ2) is 6.49. The third-order valence-corrected chi connectivity index (χ3v) is 7.62. The number of hydrogen-bond acceptors (Lipinski definition) is 4. The highest BCUT2D eigenvalue weighted by Crippen LogP contribution is 2.55. The van der Waals surface area contributed by atoms with Crippen LogP contribution in [0.1, 0.15) is 38.7 Å². The number of aliphatic imine (C=N–C) groups is 1. The summed E-state index contributed by atoms with van der Waals surface area (Å²) in [6.07, 6.45) is 5.85. The maximum atomic E-state index is 6.98. The number of hydrogen-bond donors (Lipinski definition) is 0. The van der Waals surface area contributed by atoms with Crippen molar-refractivity contribution >= 4 is 34.0 Å². The lowest BCUT2D eigenvalue weighted by Gasteiger charge is -2.45. The smallest absolute Gasteiger partial charge is 0.228 e. The summed E-state index contributed by atoms with van der Waals surface area (Å²) < 4.78 is 6.98. The highest BCUT2D eigenvalue weighted by Gasteiger charge is 2.58. The second-order valence-corrected chi connectivity index (χ2v) is 9.59. The van der Waals surface area contributed by atoms with Gasteiger partial charge in [-0.25, -0.2) is 0 Å². The molecule has 0 radical (unpaired) electrons. The van der Waals surface area contributed by atoms with Crippen molar-refractivity contribution in [2.24, 2.45) is 4.99 Å². The molecule has 1 atom stereocenters. The number of anilines is 2. The van der Waals surface area contributed by atoms with Crippen molar-refractivity contribution in [3.05, 3.63) is 60.2 Å². The minimum atomic E-state index is -0.648. The number of nitrogens with zero attached hydrogens (tertiary/aromatic N) is 3. The predicted molar refractivity (Wildman–Crippen MR) is 129 cm³/mol. The first-order valence-electron chi connectivity index (χ1n) is 11.4. The molecular formula is C27H29N3O. The fourth-order valence-corrected chi connectivity index (χ4v) is 5.80. The van der Waals surface area contributed by atoms with Crippen LogP contribution in [0.15, 0.2) is 59.6 Å². The van der Waals surface area contributed by atoms with Crippen LogP contribution in [-0.2, 0) is 5.41 Å². The Hall–Kier alpha value is -3.01. The van der Waals surface area contributed by atoms with Crippen molar-refractivity contribution < 1.29 is 4.74 Å². The molecule has 158 valence electrons. The highest BCUT2D eigenvalue weighted by molar-refractivity contribution is 6.06. The summed E-state index contributed by atoms with van der Waals surface area (Å²) in [5.74, 6) is 0.884. The standard InChI is InChI=1S/C27H29N3O/c1-26(2)21-13-7-8-14-22(21)29(3)27(26)18-28-25-20-12-6-5-11-19(20)23(17-24(25)31-27)30-15-9-4-10-16-30/h5-8,11-14,17-18H,4,9-10,15-16H2,1-3H3. The van der Waals surface area contributed by atoms with E-state index in [1.807, 2.05) is 6.21 Å². The molecule has 1 spiro atoms. The van der Waals surface area contributed by atoms with Crippen molar-refractivity contribution in [3.63, 3.8) is 0 Å². The van der Waals surface area contributed by atoms with Crippen LogP contribution in [0.2, 0.25) is 0 Å². The van der Waals surface area contributed by atoms with Crippen LogP contribution < -0.4 is 14.5 Å². The molecule has 0 aliphatic carbocycles. The first-order chi connectivity index (χ1) is 15.0. The molecule has 0 aromatic heterocycles. The molecule has 1 fully saturated rings. The third kappa shape index (κ3) is 2.45. The molecule has 4 heteroatoms. The summed E-state index contributed by atoms with van der Waals surface area (Å²) in [5, 5.41) is 2.44. The number of para-hydroxylation sites is 1. The second-order valence-electron chi connectivity index (χ2n) is 9.59. The molecule has 4 nitrogen and oxygen atoms in total. The molecule has 6 rings (SSSR count). The molecule has 3 heterocycles. The lowest BCUT2D eigenvalue weighted by molar-refractivity contribution is 0.0827. The van der Waals surface area contributed by atoms with E-state index in [1.165, 1.54) is 47.0 Å². The Morgan fingerprint density at radius 3 is 2.35 bits per heavy atom. The van der Waals surface area contributed by atoms with Gasteiger partial charge in [-0.15, -0.1) is 0 Å². The van der Waals surface area contributed by atoms with Crippen molar-refractivity contribution in [2.45, 2.75) is 44.2 Å². The van der Waals surface area contributed by atoms with Crippen LogP contribution in [0.5, 0.6) is 5.75 Å². The number of benzene rings is 3. The number of piperidine rings is 1. The summed E-state index contributed by atoms with van der Waals surface area (Å²) in [6.45, 7) is 6.74. The average Bonchev–Trinajstić information content (AvgIpc) is 2.97. The van der Waals surface area contributed by atoms with Gasteiger partial charge in [0, 0.05) is 48.4 Å². The fourth-order valence-electron chi connectivity index (χ4n) is 5.80. The summed E-state index contributed by atoms with van der Waals surface area (Å²) in [5.41, 5.74) is 3.84. The van der Waals surface area contributed by atoms with E-state index in [0.717, 1.165) is 24.5 Å². The van der Waals surface area contributed by atoms with E-state index in [9.17, 15) is 0 Å². The Labute approximate surface area is 184 Å². The zero-order valence-corrected chi connectivity index (χ0v) is 18.6. The molecule has 0 saturated carbocycles. The number of rotatable bonds is 1. The van der Waals surface area contributed by atoms with Crippen molar-refractivity contribution in [2.75, 3.05) is 29.9 Å². The summed E-state index contributed by atoms with van der Waals surface area (Å²) in [4.78, 5) is 9.84. The van der Waals surface area contributed by atoms with Crippen LogP contribution in [-0.4, -0.2) is 32.1 Å². The van der Waals surface area contributed by atoms with Crippen LogP contribution in [0.25, 0.3) is 10.8 Å². The lowest BCUT2D eigenvalue weighted by atomic mass is 9.77. The van der Waals surface area contributed by atoms with E-state index < -0.39 is 5.72 Å². The predicted octanol–water partition coefficient (Wildman–Crippen LogP) is 6.05. The van der Waals surface area contributed by atoms with E-state index in [0.29, 0.717) is 0 Å². The zero-order chi connectivity index (χ0) is 21.2. The van der Waals surface area contributed by atoms with Gasteiger partial charge in [0.1, 0.15) is 5.69 Å². The monoisotopic (exact) mass is 411 g/mol. The Balaban J connectivity index is 1.53. The average molecular weight is 412 g/mol. The van der Waals surface area contributed by atoms with Gasteiger partial charge in [0.05, 0.1) is 11.6 Å². The van der Waals surface area contributed by atoms with Gasteiger partial charge in [0.25, 0.3) is 0 Å². The normalized spacial score (nSPS) is 23.7.